The van der Waals surface area contributed by atoms with Crippen LogP contribution in [-0.4, -0.2) is 14.8 Å². The average molecular weight is 181 g/mol. The minimum Gasteiger partial charge on any atom is -0.352 e. The lowest BCUT2D eigenvalue weighted by molar-refractivity contribution is -0.747. The Balaban J connectivity index is 2.85. The maximum absolute atomic E-state index is 9.32. The van der Waals surface area contributed by atoms with Gasteiger partial charge in [-0.2, -0.15) is 0 Å². The average Bonchev–Trinajstić information content (AvgIpc) is 2.64. The minimum absolute atomic E-state index is 0.765. The van der Waals surface area contributed by atoms with Crippen LogP contribution >= 0.6 is 0 Å². The van der Waals surface area contributed by atoms with Crippen molar-refractivity contribution in [3.05, 3.63) is 44.0 Å². The van der Waals surface area contributed by atoms with Crippen LogP contribution in [-0.2, 0) is 0 Å². The van der Waals surface area contributed by atoms with Crippen molar-refractivity contribution in [3.63, 3.8) is 0 Å². The summed E-state index contributed by atoms with van der Waals surface area (Å²) in [6.07, 6.45) is 6.10. The summed E-state index contributed by atoms with van der Waals surface area (Å²) in [6.45, 7) is 6.90. The number of imidazole rings is 1. The third kappa shape index (κ3) is 2.05. The predicted molar refractivity (Wildman–Crippen MR) is 47.5 cm³/mol. The van der Waals surface area contributed by atoms with Gasteiger partial charge in [0.25, 0.3) is 0 Å². The van der Waals surface area contributed by atoms with Gasteiger partial charge in [0.1, 0.15) is 12.4 Å². The van der Waals surface area contributed by atoms with Gasteiger partial charge < -0.3 is 10.2 Å². The van der Waals surface area contributed by atoms with Crippen LogP contribution in [0.5, 0.6) is 0 Å². The van der Waals surface area contributed by atoms with E-state index in [1.807, 2.05) is 0 Å². The molecule has 0 spiro atoms. The van der Waals surface area contributed by atoms with Gasteiger partial charge in [-0.15, -0.1) is 0 Å². The molecule has 2 N–H and O–H groups in total. The molecule has 0 bridgehead atoms. The maximum Gasteiger partial charge on any atom is 0.248 e. The summed E-state index contributed by atoms with van der Waals surface area (Å²) in [5, 5.41) is 18.6. The molecule has 1 aromatic rings. The fraction of sp³-hybridized carbons (Fsp3) is 0.222. The van der Waals surface area contributed by atoms with E-state index in [2.05, 4.69) is 13.2 Å². The fourth-order valence-electron chi connectivity index (χ4n) is 0.941. The van der Waals surface area contributed by atoms with Crippen molar-refractivity contribution in [2.45, 2.75) is 12.5 Å². The van der Waals surface area contributed by atoms with Gasteiger partial charge in [0.2, 0.25) is 18.8 Å². The van der Waals surface area contributed by atoms with E-state index in [9.17, 15) is 10.2 Å². The van der Waals surface area contributed by atoms with Crippen molar-refractivity contribution in [3.8, 4) is 0 Å². The highest BCUT2D eigenvalue weighted by molar-refractivity contribution is 4.81. The Morgan fingerprint density at radius 1 is 1.31 bits per heavy atom. The molecule has 0 amide bonds. The van der Waals surface area contributed by atoms with Gasteiger partial charge in [-0.3, -0.25) is 0 Å². The standard InChI is InChI=1S/C9H13N2O2/c1-3-8(12)10-5-6-11(7-10)9(13)4-2/h3-9,12-13H,1-2H2/q+1. The molecule has 1 heterocycles. The minimum atomic E-state index is -0.765. The summed E-state index contributed by atoms with van der Waals surface area (Å²) in [6, 6.07) is 0. The number of hydrogen-bond acceptors (Lipinski definition) is 2. The Morgan fingerprint density at radius 2 is 2.00 bits per heavy atom. The number of hydrogen-bond donors (Lipinski definition) is 2. The molecule has 0 aliphatic heterocycles. The van der Waals surface area contributed by atoms with E-state index in [-0.39, 0.29) is 0 Å². The van der Waals surface area contributed by atoms with Crippen LogP contribution in [0, 0.1) is 0 Å². The van der Waals surface area contributed by atoms with E-state index in [4.69, 9.17) is 0 Å². The van der Waals surface area contributed by atoms with Crippen molar-refractivity contribution >= 4 is 0 Å². The Labute approximate surface area is 76.7 Å². The molecule has 0 radical (unpaired) electrons. The van der Waals surface area contributed by atoms with Crippen LogP contribution in [0.4, 0.5) is 0 Å². The zero-order chi connectivity index (χ0) is 9.84. The van der Waals surface area contributed by atoms with Gasteiger partial charge in [-0.05, 0) is 12.2 Å². The van der Waals surface area contributed by atoms with Gasteiger partial charge in [0, 0.05) is 0 Å². The van der Waals surface area contributed by atoms with E-state index >= 15 is 0 Å². The highest BCUT2D eigenvalue weighted by Gasteiger charge is 2.12. The highest BCUT2D eigenvalue weighted by atomic mass is 16.3. The van der Waals surface area contributed by atoms with E-state index in [0.717, 1.165) is 0 Å². The second-order valence-corrected chi connectivity index (χ2v) is 2.61. The van der Waals surface area contributed by atoms with Crippen molar-refractivity contribution in [1.82, 2.24) is 4.57 Å². The van der Waals surface area contributed by atoms with Gasteiger partial charge in [0.05, 0.1) is 0 Å². The largest absolute Gasteiger partial charge is 0.352 e. The fourth-order valence-corrected chi connectivity index (χ4v) is 0.941. The predicted octanol–water partition coefficient (Wildman–Crippen LogP) is 0.129. The molecule has 0 aliphatic rings. The molecule has 0 saturated heterocycles. The number of aromatic nitrogens is 2. The molecule has 1 rings (SSSR count). The molecule has 4 nitrogen and oxygen atoms in total. The summed E-state index contributed by atoms with van der Waals surface area (Å²) in [7, 11) is 0. The molecule has 4 heteroatoms. The van der Waals surface area contributed by atoms with Crippen LogP contribution < -0.4 is 4.57 Å². The van der Waals surface area contributed by atoms with Crippen molar-refractivity contribution < 1.29 is 14.8 Å². The number of aliphatic hydroxyl groups excluding tert-OH is 2. The number of nitrogens with zero attached hydrogens (tertiary/aromatic N) is 2. The Morgan fingerprint density at radius 3 is 2.54 bits per heavy atom. The summed E-state index contributed by atoms with van der Waals surface area (Å²) < 4.78 is 3.03. The van der Waals surface area contributed by atoms with Crippen LogP contribution in [0.25, 0.3) is 0 Å². The quantitative estimate of drug-likeness (QED) is 0.512. The molecule has 0 saturated carbocycles. The molecule has 0 fully saturated rings. The van der Waals surface area contributed by atoms with E-state index in [1.165, 1.54) is 21.3 Å². The Bertz CT molecular complexity index is 278. The molecule has 0 aromatic carbocycles. The molecule has 13 heavy (non-hydrogen) atoms. The molecule has 70 valence electrons. The maximum atomic E-state index is 9.32. The lowest BCUT2D eigenvalue weighted by atomic mass is 10.5. The number of rotatable bonds is 4. The smallest absolute Gasteiger partial charge is 0.248 e. The summed E-state index contributed by atoms with van der Waals surface area (Å²) in [4.78, 5) is 0. The zero-order valence-corrected chi connectivity index (χ0v) is 7.24. The van der Waals surface area contributed by atoms with Crippen LogP contribution in [0.3, 0.4) is 0 Å². The molecule has 2 unspecified atom stereocenters. The van der Waals surface area contributed by atoms with E-state index in [1.54, 1.807) is 18.7 Å². The SMILES string of the molecule is C=CC(O)n1cc[n+](C(O)C=C)c1. The van der Waals surface area contributed by atoms with E-state index in [0.29, 0.717) is 0 Å². The molecule has 1 aromatic heterocycles. The topological polar surface area (TPSA) is 49.3 Å². The van der Waals surface area contributed by atoms with Crippen molar-refractivity contribution in [1.29, 1.82) is 0 Å². The van der Waals surface area contributed by atoms with E-state index < -0.39 is 12.5 Å². The molecule has 0 aliphatic carbocycles. The zero-order valence-electron chi connectivity index (χ0n) is 7.24. The van der Waals surface area contributed by atoms with Crippen molar-refractivity contribution in [2.24, 2.45) is 0 Å². The van der Waals surface area contributed by atoms with Crippen molar-refractivity contribution in [2.75, 3.05) is 0 Å². The first-order valence-corrected chi connectivity index (χ1v) is 3.88. The third-order valence-electron chi connectivity index (χ3n) is 1.71. The lowest BCUT2D eigenvalue weighted by Crippen LogP contribution is -2.36. The van der Waals surface area contributed by atoms with Crippen LogP contribution in [0.1, 0.15) is 12.5 Å². The Hall–Kier alpha value is -1.39. The van der Waals surface area contributed by atoms with Crippen LogP contribution in [0.2, 0.25) is 0 Å². The summed E-state index contributed by atoms with van der Waals surface area (Å²) in [5.74, 6) is 0. The summed E-state index contributed by atoms with van der Waals surface area (Å²) >= 11 is 0. The highest BCUT2D eigenvalue weighted by Crippen LogP contribution is 2.01. The second-order valence-electron chi connectivity index (χ2n) is 2.61. The molecular weight excluding hydrogens is 168 g/mol. The van der Waals surface area contributed by atoms with Crippen LogP contribution in [0.15, 0.2) is 44.0 Å². The monoisotopic (exact) mass is 181 g/mol. The first kappa shape index (κ1) is 9.70. The summed E-state index contributed by atoms with van der Waals surface area (Å²) in [5.41, 5.74) is 0. The normalized spacial score (nSPS) is 14.9. The first-order chi connectivity index (χ1) is 6.19. The molecule has 2 atom stereocenters. The first-order valence-electron chi connectivity index (χ1n) is 3.88. The Kier molecular flexibility index (Phi) is 3.00. The van der Waals surface area contributed by atoms with Gasteiger partial charge in [0.15, 0.2) is 0 Å². The van der Waals surface area contributed by atoms with Gasteiger partial charge in [-0.1, -0.05) is 13.2 Å². The second kappa shape index (κ2) is 4.02. The number of aliphatic hydroxyl groups is 2. The third-order valence-corrected chi connectivity index (χ3v) is 1.71. The lowest BCUT2D eigenvalue weighted by Gasteiger charge is -2.00. The van der Waals surface area contributed by atoms with Gasteiger partial charge in [-0.25, -0.2) is 9.13 Å². The van der Waals surface area contributed by atoms with Gasteiger partial charge >= 0.3 is 0 Å². The molecular formula is C9H13N2O2+.